The first-order valence-electron chi connectivity index (χ1n) is 5.69. The van der Waals surface area contributed by atoms with Crippen molar-refractivity contribution >= 4 is 17.4 Å². The minimum absolute atomic E-state index is 0.144. The molecule has 0 aliphatic rings. The van der Waals surface area contributed by atoms with Gasteiger partial charge in [-0.1, -0.05) is 17.7 Å². The van der Waals surface area contributed by atoms with Crippen molar-refractivity contribution in [2.75, 3.05) is 5.73 Å². The Morgan fingerprint density at radius 2 is 2.05 bits per heavy atom. The number of ether oxygens (including phenoxy) is 1. The molecular formula is C13H13ClFN3O. The van der Waals surface area contributed by atoms with Gasteiger partial charge in [0, 0.05) is 6.07 Å². The number of nitrogens with two attached hydrogens (primary N) is 1. The van der Waals surface area contributed by atoms with Gasteiger partial charge in [-0.2, -0.15) is 0 Å². The summed E-state index contributed by atoms with van der Waals surface area (Å²) in [7, 11) is 0. The summed E-state index contributed by atoms with van der Waals surface area (Å²) < 4.78 is 18.9. The third-order valence-electron chi connectivity index (χ3n) is 2.74. The van der Waals surface area contributed by atoms with Crippen LogP contribution < -0.4 is 10.5 Å². The van der Waals surface area contributed by atoms with Gasteiger partial charge in [0.2, 0.25) is 0 Å². The molecule has 1 aromatic carbocycles. The molecule has 4 nitrogen and oxygen atoms in total. The highest BCUT2D eigenvalue weighted by molar-refractivity contribution is 6.29. The summed E-state index contributed by atoms with van der Waals surface area (Å²) in [6, 6.07) is 6.03. The largest absolute Gasteiger partial charge is 0.482 e. The Bertz CT molecular complexity index is 606. The highest BCUT2D eigenvalue weighted by Gasteiger charge is 2.14. The topological polar surface area (TPSA) is 61.0 Å². The molecule has 100 valence electrons. The van der Waals surface area contributed by atoms with E-state index in [0.29, 0.717) is 5.75 Å². The molecule has 0 aliphatic heterocycles. The molecule has 1 aromatic heterocycles. The van der Waals surface area contributed by atoms with E-state index in [1.165, 1.54) is 18.2 Å². The summed E-state index contributed by atoms with van der Waals surface area (Å²) >= 11 is 5.73. The van der Waals surface area contributed by atoms with E-state index in [9.17, 15) is 4.39 Å². The summed E-state index contributed by atoms with van der Waals surface area (Å²) in [5.74, 6) is 0.163. The molecule has 6 heteroatoms. The molecule has 1 heterocycles. The molecule has 2 rings (SSSR count). The van der Waals surface area contributed by atoms with Crippen LogP contribution in [0, 0.1) is 12.7 Å². The van der Waals surface area contributed by atoms with E-state index in [2.05, 4.69) is 10.2 Å². The fourth-order valence-electron chi connectivity index (χ4n) is 1.76. The number of aryl methyl sites for hydroxylation is 1. The van der Waals surface area contributed by atoms with Gasteiger partial charge in [0.05, 0.1) is 0 Å². The van der Waals surface area contributed by atoms with Crippen LogP contribution in [0.15, 0.2) is 24.3 Å². The molecule has 0 aliphatic carbocycles. The molecule has 0 saturated heterocycles. The standard InChI is InChI=1S/C13H13ClFN3O/c1-7-3-4-9(15)5-10(7)8(2)19-11-6-12(14)17-18-13(11)16/h3-6,8H,1-2H3,(H2,16,18). The molecule has 0 bridgehead atoms. The molecule has 1 atom stereocenters. The average molecular weight is 282 g/mol. The molecule has 0 fully saturated rings. The van der Waals surface area contributed by atoms with Crippen molar-refractivity contribution in [3.63, 3.8) is 0 Å². The van der Waals surface area contributed by atoms with E-state index in [1.54, 1.807) is 13.0 Å². The van der Waals surface area contributed by atoms with Gasteiger partial charge in [-0.3, -0.25) is 0 Å². The van der Waals surface area contributed by atoms with Crippen molar-refractivity contribution in [3.8, 4) is 5.75 Å². The van der Waals surface area contributed by atoms with Crippen LogP contribution in [0.25, 0.3) is 0 Å². The Balaban J connectivity index is 2.27. The van der Waals surface area contributed by atoms with Gasteiger partial charge < -0.3 is 10.5 Å². The molecule has 0 radical (unpaired) electrons. The zero-order valence-electron chi connectivity index (χ0n) is 10.5. The second-order valence-corrected chi connectivity index (χ2v) is 4.56. The predicted octanol–water partition coefficient (Wildman–Crippen LogP) is 3.30. The Morgan fingerprint density at radius 3 is 2.79 bits per heavy atom. The first-order chi connectivity index (χ1) is 8.97. The normalized spacial score (nSPS) is 12.2. The van der Waals surface area contributed by atoms with Gasteiger partial charge in [0.15, 0.2) is 16.7 Å². The zero-order valence-corrected chi connectivity index (χ0v) is 11.3. The SMILES string of the molecule is Cc1ccc(F)cc1C(C)Oc1cc(Cl)nnc1N. The van der Waals surface area contributed by atoms with Crippen molar-refractivity contribution in [2.24, 2.45) is 0 Å². The van der Waals surface area contributed by atoms with Crippen LogP contribution in [0.3, 0.4) is 0 Å². The number of nitrogen functional groups attached to an aromatic ring is 1. The lowest BCUT2D eigenvalue weighted by Crippen LogP contribution is -2.08. The first-order valence-corrected chi connectivity index (χ1v) is 6.06. The van der Waals surface area contributed by atoms with Crippen LogP contribution >= 0.6 is 11.6 Å². The summed E-state index contributed by atoms with van der Waals surface area (Å²) in [6.07, 6.45) is -0.377. The molecular weight excluding hydrogens is 269 g/mol. The van der Waals surface area contributed by atoms with Gasteiger partial charge in [0.25, 0.3) is 0 Å². The zero-order chi connectivity index (χ0) is 14.0. The van der Waals surface area contributed by atoms with Crippen molar-refractivity contribution < 1.29 is 9.13 Å². The van der Waals surface area contributed by atoms with Crippen molar-refractivity contribution in [3.05, 3.63) is 46.4 Å². The van der Waals surface area contributed by atoms with E-state index >= 15 is 0 Å². The number of anilines is 1. The number of rotatable bonds is 3. The van der Waals surface area contributed by atoms with E-state index in [-0.39, 0.29) is 22.9 Å². The summed E-state index contributed by atoms with van der Waals surface area (Å²) in [5.41, 5.74) is 7.33. The number of nitrogens with zero attached hydrogens (tertiary/aromatic N) is 2. The monoisotopic (exact) mass is 281 g/mol. The highest BCUT2D eigenvalue weighted by atomic mass is 35.5. The van der Waals surface area contributed by atoms with Gasteiger partial charge >= 0.3 is 0 Å². The van der Waals surface area contributed by atoms with Crippen molar-refractivity contribution in [1.29, 1.82) is 0 Å². The van der Waals surface area contributed by atoms with Crippen LogP contribution in [0.4, 0.5) is 10.2 Å². The molecule has 0 saturated carbocycles. The van der Waals surface area contributed by atoms with Gasteiger partial charge in [-0.05, 0) is 37.1 Å². The lowest BCUT2D eigenvalue weighted by atomic mass is 10.0. The minimum Gasteiger partial charge on any atom is -0.482 e. The van der Waals surface area contributed by atoms with Gasteiger partial charge in [-0.25, -0.2) is 4.39 Å². The second kappa shape index (κ2) is 5.40. The summed E-state index contributed by atoms with van der Waals surface area (Å²) in [4.78, 5) is 0. The molecule has 2 N–H and O–H groups in total. The molecule has 19 heavy (non-hydrogen) atoms. The third-order valence-corrected chi connectivity index (χ3v) is 2.92. The Hall–Kier alpha value is -1.88. The van der Waals surface area contributed by atoms with Crippen LogP contribution in [0.2, 0.25) is 5.15 Å². The molecule has 1 unspecified atom stereocenters. The van der Waals surface area contributed by atoms with E-state index in [0.717, 1.165) is 11.1 Å². The van der Waals surface area contributed by atoms with Crippen LogP contribution in [0.1, 0.15) is 24.2 Å². The fraction of sp³-hybridized carbons (Fsp3) is 0.231. The number of hydrogen-bond acceptors (Lipinski definition) is 4. The van der Waals surface area contributed by atoms with Crippen LogP contribution in [-0.4, -0.2) is 10.2 Å². The first kappa shape index (κ1) is 13.5. The fourth-order valence-corrected chi connectivity index (χ4v) is 1.90. The summed E-state index contributed by atoms with van der Waals surface area (Å²) in [6.45, 7) is 3.69. The van der Waals surface area contributed by atoms with Crippen LogP contribution in [0.5, 0.6) is 5.75 Å². The van der Waals surface area contributed by atoms with Crippen molar-refractivity contribution in [1.82, 2.24) is 10.2 Å². The lowest BCUT2D eigenvalue weighted by molar-refractivity contribution is 0.226. The maximum absolute atomic E-state index is 13.3. The van der Waals surface area contributed by atoms with E-state index in [4.69, 9.17) is 22.1 Å². The van der Waals surface area contributed by atoms with Crippen LogP contribution in [-0.2, 0) is 0 Å². The number of benzene rings is 1. The Kier molecular flexibility index (Phi) is 3.85. The lowest BCUT2D eigenvalue weighted by Gasteiger charge is -2.17. The average Bonchev–Trinajstić information content (AvgIpc) is 2.36. The molecule has 2 aromatic rings. The smallest absolute Gasteiger partial charge is 0.188 e. The predicted molar refractivity (Wildman–Crippen MR) is 71.6 cm³/mol. The van der Waals surface area contributed by atoms with E-state index in [1.807, 2.05) is 6.92 Å². The Morgan fingerprint density at radius 1 is 1.32 bits per heavy atom. The van der Waals surface area contributed by atoms with Gasteiger partial charge in [-0.15, -0.1) is 10.2 Å². The summed E-state index contributed by atoms with van der Waals surface area (Å²) in [5, 5.41) is 7.45. The van der Waals surface area contributed by atoms with Gasteiger partial charge in [0.1, 0.15) is 11.9 Å². The number of aromatic nitrogens is 2. The molecule has 0 amide bonds. The highest BCUT2D eigenvalue weighted by Crippen LogP contribution is 2.28. The maximum atomic E-state index is 13.3. The molecule has 0 spiro atoms. The quantitative estimate of drug-likeness (QED) is 0.938. The third kappa shape index (κ3) is 3.12. The van der Waals surface area contributed by atoms with E-state index < -0.39 is 0 Å². The Labute approximate surface area is 115 Å². The maximum Gasteiger partial charge on any atom is 0.188 e. The second-order valence-electron chi connectivity index (χ2n) is 4.18. The number of halogens is 2. The van der Waals surface area contributed by atoms with Crippen molar-refractivity contribution in [2.45, 2.75) is 20.0 Å². The minimum atomic E-state index is -0.377. The number of hydrogen-bond donors (Lipinski definition) is 1.